The zero-order chi connectivity index (χ0) is 26.2. The number of aromatic nitrogens is 2. The molecule has 2 aromatic heterocycles. The van der Waals surface area contributed by atoms with Crippen LogP contribution in [0.2, 0.25) is 0 Å². The van der Waals surface area contributed by atoms with Gasteiger partial charge >= 0.3 is 0 Å². The van der Waals surface area contributed by atoms with Gasteiger partial charge in [0, 0.05) is 17.7 Å². The monoisotopic (exact) mass is 539 g/mol. The van der Waals surface area contributed by atoms with Crippen LogP contribution in [0.25, 0.3) is 10.2 Å². The van der Waals surface area contributed by atoms with Crippen LogP contribution in [0.5, 0.6) is 23.1 Å². The number of fused-ring (bicyclic) bond motifs is 1. The lowest BCUT2D eigenvalue weighted by Gasteiger charge is -2.14. The Kier molecular flexibility index (Phi) is 6.74. The molecule has 37 heavy (non-hydrogen) atoms. The van der Waals surface area contributed by atoms with E-state index in [1.165, 1.54) is 17.4 Å². The van der Waals surface area contributed by atoms with Gasteiger partial charge in [-0.3, -0.25) is 10.1 Å². The Balaban J connectivity index is 1.41. The minimum absolute atomic E-state index is 0.0208. The molecule has 1 aliphatic carbocycles. The number of anilines is 1. The maximum absolute atomic E-state index is 13.1. The van der Waals surface area contributed by atoms with Crippen molar-refractivity contribution in [1.82, 2.24) is 9.97 Å². The molecule has 4 aromatic rings. The Bertz CT molecular complexity index is 1580. The Hall–Kier alpha value is -3.70. The molecule has 0 atom stereocenters. The van der Waals surface area contributed by atoms with E-state index in [2.05, 4.69) is 15.3 Å². The molecular formula is C26H25N3O6S2. The molecule has 0 radical (unpaired) electrons. The third-order valence-corrected chi connectivity index (χ3v) is 8.60. The maximum Gasteiger partial charge on any atom is 0.257 e. The van der Waals surface area contributed by atoms with Gasteiger partial charge in [-0.1, -0.05) is 17.4 Å². The van der Waals surface area contributed by atoms with Crippen molar-refractivity contribution in [3.05, 3.63) is 60.2 Å². The topological polar surface area (TPSA) is 117 Å². The van der Waals surface area contributed by atoms with Gasteiger partial charge in [-0.05, 0) is 63.1 Å². The third-order valence-electron chi connectivity index (χ3n) is 5.51. The molecule has 0 spiro atoms. The zero-order valence-electron chi connectivity index (χ0n) is 20.4. The summed E-state index contributed by atoms with van der Waals surface area (Å²) in [5, 5.41) is 2.86. The number of nitrogens with one attached hydrogen (secondary N) is 1. The third kappa shape index (κ3) is 5.67. The lowest BCUT2D eigenvalue weighted by molar-refractivity contribution is 0.102. The highest BCUT2D eigenvalue weighted by Crippen LogP contribution is 2.34. The number of rotatable bonds is 9. The van der Waals surface area contributed by atoms with Gasteiger partial charge in [0.15, 0.2) is 20.0 Å². The van der Waals surface area contributed by atoms with Gasteiger partial charge in [-0.2, -0.15) is 0 Å². The van der Waals surface area contributed by atoms with E-state index in [1.807, 2.05) is 32.0 Å². The summed E-state index contributed by atoms with van der Waals surface area (Å²) in [5.41, 5.74) is 1.03. The van der Waals surface area contributed by atoms with E-state index in [9.17, 15) is 13.2 Å². The molecule has 0 aliphatic heterocycles. The number of methoxy groups -OCH3 is 1. The van der Waals surface area contributed by atoms with Crippen molar-refractivity contribution in [3.8, 4) is 23.1 Å². The SMILES string of the molecule is COc1ccc2nc(NC(=O)c3cc(Oc4cccc(S(=O)(=O)C5CC5)n4)cc(OC(C)C)c3)sc2c1. The van der Waals surface area contributed by atoms with Crippen LogP contribution in [0.3, 0.4) is 0 Å². The lowest BCUT2D eigenvalue weighted by atomic mass is 10.2. The van der Waals surface area contributed by atoms with Crippen LogP contribution in [-0.4, -0.2) is 42.8 Å². The quantitative estimate of drug-likeness (QED) is 0.298. The van der Waals surface area contributed by atoms with E-state index >= 15 is 0 Å². The van der Waals surface area contributed by atoms with Crippen LogP contribution < -0.4 is 19.5 Å². The van der Waals surface area contributed by atoms with Crippen molar-refractivity contribution in [2.75, 3.05) is 12.4 Å². The van der Waals surface area contributed by atoms with Gasteiger partial charge in [0.1, 0.15) is 17.2 Å². The molecule has 1 saturated carbocycles. The average Bonchev–Trinajstić information content (AvgIpc) is 3.64. The highest BCUT2D eigenvalue weighted by Gasteiger charge is 2.38. The molecule has 2 heterocycles. The summed E-state index contributed by atoms with van der Waals surface area (Å²) in [5.74, 6) is 1.12. The number of nitrogens with zero attached hydrogens (tertiary/aromatic N) is 2. The number of carbonyl (C=O) groups is 1. The number of benzene rings is 2. The van der Waals surface area contributed by atoms with Crippen LogP contribution in [0.1, 0.15) is 37.0 Å². The van der Waals surface area contributed by atoms with Gasteiger partial charge in [-0.25, -0.2) is 18.4 Å². The van der Waals surface area contributed by atoms with E-state index in [4.69, 9.17) is 14.2 Å². The number of hydrogen-bond donors (Lipinski definition) is 1. The predicted molar refractivity (Wildman–Crippen MR) is 141 cm³/mol. The average molecular weight is 540 g/mol. The summed E-state index contributed by atoms with van der Waals surface area (Å²) in [6.45, 7) is 3.74. The van der Waals surface area contributed by atoms with E-state index in [0.29, 0.717) is 29.5 Å². The van der Waals surface area contributed by atoms with Crippen molar-refractivity contribution >= 4 is 42.4 Å². The van der Waals surface area contributed by atoms with E-state index in [-0.39, 0.29) is 33.6 Å². The molecule has 1 aliphatic rings. The lowest BCUT2D eigenvalue weighted by Crippen LogP contribution is -2.13. The van der Waals surface area contributed by atoms with Crippen LogP contribution in [0, 0.1) is 0 Å². The van der Waals surface area contributed by atoms with Crippen LogP contribution >= 0.6 is 11.3 Å². The maximum atomic E-state index is 13.1. The molecule has 0 unspecified atom stereocenters. The van der Waals surface area contributed by atoms with Gasteiger partial charge in [0.05, 0.1) is 28.7 Å². The first-order valence-electron chi connectivity index (χ1n) is 11.7. The summed E-state index contributed by atoms with van der Waals surface area (Å²) in [6, 6.07) is 14.9. The second-order valence-corrected chi connectivity index (χ2v) is 12.0. The molecule has 9 nitrogen and oxygen atoms in total. The summed E-state index contributed by atoms with van der Waals surface area (Å²) in [7, 11) is -1.88. The van der Waals surface area contributed by atoms with Crippen LogP contribution in [0.15, 0.2) is 59.6 Å². The summed E-state index contributed by atoms with van der Waals surface area (Å²) in [4.78, 5) is 21.8. The fourth-order valence-corrected chi connectivity index (χ4v) is 6.11. The zero-order valence-corrected chi connectivity index (χ0v) is 22.1. The minimum Gasteiger partial charge on any atom is -0.497 e. The number of carbonyl (C=O) groups excluding carboxylic acids is 1. The molecule has 1 N–H and O–H groups in total. The number of ether oxygens (including phenoxy) is 3. The first-order valence-corrected chi connectivity index (χ1v) is 14.0. The van der Waals surface area contributed by atoms with E-state index in [1.54, 1.807) is 37.4 Å². The molecule has 0 saturated heterocycles. The minimum atomic E-state index is -3.47. The van der Waals surface area contributed by atoms with Gasteiger partial charge in [0.2, 0.25) is 5.88 Å². The van der Waals surface area contributed by atoms with Crippen molar-refractivity contribution in [1.29, 1.82) is 0 Å². The highest BCUT2D eigenvalue weighted by atomic mass is 32.2. The summed E-state index contributed by atoms with van der Waals surface area (Å²) in [6.07, 6.45) is 1.14. The number of thiazole rings is 1. The molecule has 0 bridgehead atoms. The smallest absolute Gasteiger partial charge is 0.257 e. The molecule has 2 aromatic carbocycles. The van der Waals surface area contributed by atoms with Gasteiger partial charge in [0.25, 0.3) is 5.91 Å². The number of amides is 1. The number of pyridine rings is 1. The van der Waals surface area contributed by atoms with E-state index < -0.39 is 15.7 Å². The fourth-order valence-electron chi connectivity index (χ4n) is 3.64. The standard InChI is InChI=1S/C26H25N3O6S2/c1-15(2)34-18-11-16(25(30)29-26-27-21-10-7-17(33-3)14-22(21)36-26)12-19(13-18)35-23-5-4-6-24(28-23)37(31,32)20-8-9-20/h4-7,10-15,20H,8-9H2,1-3H3,(H,27,29,30). The van der Waals surface area contributed by atoms with Crippen LogP contribution in [0.4, 0.5) is 5.13 Å². The van der Waals surface area contributed by atoms with Crippen molar-refractivity contribution in [2.24, 2.45) is 0 Å². The Labute approximate surface area is 218 Å². The summed E-state index contributed by atoms with van der Waals surface area (Å²) >= 11 is 1.33. The molecular weight excluding hydrogens is 514 g/mol. The molecule has 1 fully saturated rings. The van der Waals surface area contributed by atoms with Gasteiger partial charge < -0.3 is 14.2 Å². The Morgan fingerprint density at radius 3 is 2.54 bits per heavy atom. The largest absolute Gasteiger partial charge is 0.497 e. The van der Waals surface area contributed by atoms with Crippen molar-refractivity contribution in [3.63, 3.8) is 0 Å². The highest BCUT2D eigenvalue weighted by molar-refractivity contribution is 7.92. The first-order chi connectivity index (χ1) is 17.7. The van der Waals surface area contributed by atoms with E-state index in [0.717, 1.165) is 10.2 Å². The first kappa shape index (κ1) is 25.0. The second kappa shape index (κ2) is 9.98. The molecule has 5 rings (SSSR count). The Morgan fingerprint density at radius 2 is 1.81 bits per heavy atom. The van der Waals surface area contributed by atoms with Crippen molar-refractivity contribution < 1.29 is 27.4 Å². The molecule has 192 valence electrons. The number of sulfone groups is 1. The summed E-state index contributed by atoms with van der Waals surface area (Å²) < 4.78 is 43.0. The van der Waals surface area contributed by atoms with Crippen molar-refractivity contribution in [2.45, 2.75) is 43.1 Å². The molecule has 11 heteroatoms. The predicted octanol–water partition coefficient (Wildman–Crippen LogP) is 5.47. The molecule has 1 amide bonds. The van der Waals surface area contributed by atoms with Gasteiger partial charge in [-0.15, -0.1) is 0 Å². The number of hydrogen-bond acceptors (Lipinski definition) is 9. The van der Waals surface area contributed by atoms with Crippen LogP contribution in [-0.2, 0) is 9.84 Å². The second-order valence-electron chi connectivity index (χ2n) is 8.83. The fraction of sp³-hybridized carbons (Fsp3) is 0.269. The normalized spacial score (nSPS) is 13.5. The Morgan fingerprint density at radius 1 is 1.03 bits per heavy atom.